The van der Waals surface area contributed by atoms with Crippen molar-refractivity contribution in [3.63, 3.8) is 0 Å². The molecule has 1 amide bonds. The van der Waals surface area contributed by atoms with Gasteiger partial charge in [0.05, 0.1) is 25.3 Å². The Morgan fingerprint density at radius 2 is 1.93 bits per heavy atom. The van der Waals surface area contributed by atoms with Crippen molar-refractivity contribution >= 4 is 23.2 Å². The quantitative estimate of drug-likeness (QED) is 0.608. The van der Waals surface area contributed by atoms with Crippen LogP contribution in [0.1, 0.15) is 31.0 Å². The van der Waals surface area contributed by atoms with Crippen LogP contribution in [0.5, 0.6) is 11.5 Å². The van der Waals surface area contributed by atoms with Crippen molar-refractivity contribution in [3.8, 4) is 11.5 Å². The van der Waals surface area contributed by atoms with Crippen molar-refractivity contribution in [1.82, 2.24) is 16.0 Å². The summed E-state index contributed by atoms with van der Waals surface area (Å²) in [7, 11) is 1.59. The molecule has 3 rings (SSSR count). The smallest absolute Gasteiger partial charge is 0.251 e. The van der Waals surface area contributed by atoms with Crippen LogP contribution in [0.2, 0.25) is 0 Å². The summed E-state index contributed by atoms with van der Waals surface area (Å²) in [5.74, 6) is 1.11. The Kier molecular flexibility index (Phi) is 6.72. The van der Waals surface area contributed by atoms with Crippen molar-refractivity contribution in [2.24, 2.45) is 0 Å². The van der Waals surface area contributed by atoms with E-state index in [9.17, 15) is 4.79 Å². The Labute approximate surface area is 176 Å². The summed E-state index contributed by atoms with van der Waals surface area (Å²) >= 11 is 5.33. The Morgan fingerprint density at radius 1 is 1.17 bits per heavy atom. The van der Waals surface area contributed by atoms with Gasteiger partial charge < -0.3 is 25.4 Å². The molecule has 0 unspecified atom stereocenters. The Bertz CT molecular complexity index is 928. The second kappa shape index (κ2) is 9.43. The van der Waals surface area contributed by atoms with Crippen LogP contribution < -0.4 is 25.4 Å². The lowest BCUT2D eigenvalue weighted by Gasteiger charge is -2.30. The van der Waals surface area contributed by atoms with Crippen molar-refractivity contribution in [2.75, 3.05) is 13.7 Å². The van der Waals surface area contributed by atoms with Crippen molar-refractivity contribution in [3.05, 3.63) is 70.9 Å². The number of allylic oxidation sites excluding steroid dienone is 1. The topological polar surface area (TPSA) is 71.6 Å². The number of hydrogen-bond donors (Lipinski definition) is 3. The van der Waals surface area contributed by atoms with E-state index < -0.39 is 6.04 Å². The number of thiocarbonyl (C=S) groups is 1. The summed E-state index contributed by atoms with van der Waals surface area (Å²) in [6.07, 6.45) is 0. The predicted octanol–water partition coefficient (Wildman–Crippen LogP) is 3.20. The van der Waals surface area contributed by atoms with Gasteiger partial charge >= 0.3 is 0 Å². The zero-order valence-corrected chi connectivity index (χ0v) is 17.6. The maximum atomic E-state index is 13.0. The molecule has 0 radical (unpaired) electrons. The molecule has 29 heavy (non-hydrogen) atoms. The van der Waals surface area contributed by atoms with E-state index in [2.05, 4.69) is 16.0 Å². The maximum absolute atomic E-state index is 13.0. The van der Waals surface area contributed by atoms with Gasteiger partial charge in [-0.05, 0) is 49.3 Å². The van der Waals surface area contributed by atoms with E-state index in [4.69, 9.17) is 21.7 Å². The van der Waals surface area contributed by atoms with E-state index in [1.54, 1.807) is 7.11 Å². The minimum Gasteiger partial charge on any atom is -0.493 e. The lowest BCUT2D eigenvalue weighted by molar-refractivity contribution is -0.118. The first-order valence-corrected chi connectivity index (χ1v) is 9.85. The molecule has 6 nitrogen and oxygen atoms in total. The Hall–Kier alpha value is -3.06. The average molecular weight is 412 g/mol. The van der Waals surface area contributed by atoms with Gasteiger partial charge in [-0.25, -0.2) is 0 Å². The molecule has 2 aromatic rings. The van der Waals surface area contributed by atoms with E-state index in [1.165, 1.54) is 0 Å². The van der Waals surface area contributed by atoms with Crippen LogP contribution in [0.3, 0.4) is 0 Å². The number of nitrogens with one attached hydrogen (secondary N) is 3. The number of carbonyl (C=O) groups excluding carboxylic acids is 1. The molecule has 2 aromatic carbocycles. The Balaban J connectivity index is 1.88. The van der Waals surface area contributed by atoms with Crippen LogP contribution in [0.4, 0.5) is 0 Å². The molecule has 1 atom stereocenters. The first kappa shape index (κ1) is 20.7. The van der Waals surface area contributed by atoms with E-state index in [1.807, 2.05) is 62.4 Å². The molecular formula is C22H25N3O3S. The summed E-state index contributed by atoms with van der Waals surface area (Å²) in [4.78, 5) is 13.0. The molecule has 1 heterocycles. The summed E-state index contributed by atoms with van der Waals surface area (Å²) in [5, 5.41) is 9.72. The van der Waals surface area contributed by atoms with Crippen molar-refractivity contribution < 1.29 is 14.3 Å². The number of hydrogen-bond acceptors (Lipinski definition) is 4. The molecule has 1 aliphatic rings. The van der Waals surface area contributed by atoms with Crippen LogP contribution in [-0.4, -0.2) is 24.7 Å². The van der Waals surface area contributed by atoms with Gasteiger partial charge in [-0.2, -0.15) is 0 Å². The number of ether oxygens (including phenoxy) is 2. The minimum atomic E-state index is -0.399. The fraction of sp³-hybridized carbons (Fsp3) is 0.273. The molecule has 0 aliphatic carbocycles. The molecule has 0 spiro atoms. The summed E-state index contributed by atoms with van der Waals surface area (Å²) in [5.41, 5.74) is 3.20. The van der Waals surface area contributed by atoms with Crippen LogP contribution >= 0.6 is 12.2 Å². The second-order valence-corrected chi connectivity index (χ2v) is 6.99. The number of benzene rings is 2. The van der Waals surface area contributed by atoms with Crippen LogP contribution in [0.25, 0.3) is 0 Å². The highest BCUT2D eigenvalue weighted by Crippen LogP contribution is 2.34. The molecular weight excluding hydrogens is 386 g/mol. The van der Waals surface area contributed by atoms with E-state index in [0.717, 1.165) is 16.8 Å². The number of amides is 1. The van der Waals surface area contributed by atoms with Crippen LogP contribution in [0.15, 0.2) is 59.8 Å². The third-order valence-electron chi connectivity index (χ3n) is 4.63. The monoisotopic (exact) mass is 411 g/mol. The third-order valence-corrected chi connectivity index (χ3v) is 4.85. The van der Waals surface area contributed by atoms with Gasteiger partial charge in [0.2, 0.25) is 0 Å². The first-order chi connectivity index (χ1) is 14.0. The summed E-state index contributed by atoms with van der Waals surface area (Å²) in [6, 6.07) is 15.0. The maximum Gasteiger partial charge on any atom is 0.251 e. The van der Waals surface area contributed by atoms with Crippen molar-refractivity contribution in [2.45, 2.75) is 26.4 Å². The van der Waals surface area contributed by atoms with E-state index in [-0.39, 0.29) is 5.91 Å². The average Bonchev–Trinajstić information content (AvgIpc) is 2.72. The van der Waals surface area contributed by atoms with E-state index in [0.29, 0.717) is 35.3 Å². The highest BCUT2D eigenvalue weighted by atomic mass is 32.1. The van der Waals surface area contributed by atoms with Crippen molar-refractivity contribution in [1.29, 1.82) is 0 Å². The molecule has 0 bridgehead atoms. The molecule has 0 fully saturated rings. The molecule has 0 aromatic heterocycles. The zero-order chi connectivity index (χ0) is 20.8. The predicted molar refractivity (Wildman–Crippen MR) is 117 cm³/mol. The van der Waals surface area contributed by atoms with Gasteiger partial charge in [0, 0.05) is 12.2 Å². The lowest BCUT2D eigenvalue weighted by Crippen LogP contribution is -2.46. The first-order valence-electron chi connectivity index (χ1n) is 9.44. The molecule has 7 heteroatoms. The standard InChI is InChI=1S/C22H25N3O3S/c1-4-28-17-11-10-16(12-18(17)27-3)20-19(14(2)24-22(29)25-20)21(26)23-13-15-8-6-5-7-9-15/h5-12,20H,4,13H2,1-3H3,(H,23,26)(H2,24,25,29)/t20-/m0/s1. The summed E-state index contributed by atoms with van der Waals surface area (Å²) in [6.45, 7) is 4.75. The molecule has 1 aliphatic heterocycles. The van der Waals surface area contributed by atoms with E-state index >= 15 is 0 Å². The number of methoxy groups -OCH3 is 1. The highest BCUT2D eigenvalue weighted by Gasteiger charge is 2.30. The Morgan fingerprint density at radius 3 is 2.62 bits per heavy atom. The highest BCUT2D eigenvalue weighted by molar-refractivity contribution is 7.80. The fourth-order valence-corrected chi connectivity index (χ4v) is 3.53. The van der Waals surface area contributed by atoms with Gasteiger partial charge in [0.25, 0.3) is 5.91 Å². The largest absolute Gasteiger partial charge is 0.493 e. The minimum absolute atomic E-state index is 0.160. The van der Waals surface area contributed by atoms with Gasteiger partial charge in [0.1, 0.15) is 0 Å². The fourth-order valence-electron chi connectivity index (χ4n) is 3.26. The van der Waals surface area contributed by atoms with Crippen LogP contribution in [-0.2, 0) is 11.3 Å². The molecule has 152 valence electrons. The normalized spacial score (nSPS) is 16.0. The van der Waals surface area contributed by atoms with Gasteiger partial charge in [-0.3, -0.25) is 4.79 Å². The van der Waals surface area contributed by atoms with Gasteiger partial charge in [-0.1, -0.05) is 36.4 Å². The summed E-state index contributed by atoms with van der Waals surface area (Å²) < 4.78 is 11.1. The molecule has 3 N–H and O–H groups in total. The number of rotatable bonds is 7. The molecule has 0 saturated heterocycles. The van der Waals surface area contributed by atoms with Gasteiger partial charge in [-0.15, -0.1) is 0 Å². The third kappa shape index (κ3) is 4.86. The zero-order valence-electron chi connectivity index (χ0n) is 16.7. The lowest BCUT2D eigenvalue weighted by atomic mass is 9.94. The number of carbonyl (C=O) groups is 1. The second-order valence-electron chi connectivity index (χ2n) is 6.58. The van der Waals surface area contributed by atoms with Crippen LogP contribution in [0, 0.1) is 0 Å². The van der Waals surface area contributed by atoms with Gasteiger partial charge in [0.15, 0.2) is 16.6 Å². The molecule has 0 saturated carbocycles. The SMILES string of the molecule is CCOc1ccc([C@@H]2NC(=S)NC(C)=C2C(=O)NCc2ccccc2)cc1OC.